The van der Waals surface area contributed by atoms with E-state index in [9.17, 15) is 8.42 Å². The maximum Gasteiger partial charge on any atom is 0.285 e. The first-order chi connectivity index (χ1) is 16.9. The van der Waals surface area contributed by atoms with Crippen molar-refractivity contribution in [3.05, 3.63) is 101 Å². The van der Waals surface area contributed by atoms with E-state index >= 15 is 0 Å². The number of aromatic nitrogens is 4. The number of guanidine groups is 1. The SMILES string of the molecule is N/C(=N\S(=O)(=O)c1ccc(Cl)cc1)N1CC(c2ccccc2)C(c2ccc(-n3ncnn3)cc2)=N1. The van der Waals surface area contributed by atoms with Gasteiger partial charge in [0.15, 0.2) is 6.33 Å². The zero-order valence-electron chi connectivity index (χ0n) is 18.2. The van der Waals surface area contributed by atoms with Gasteiger partial charge in [-0.05, 0) is 52.7 Å². The molecule has 2 heterocycles. The summed E-state index contributed by atoms with van der Waals surface area (Å²) in [5.41, 5.74) is 9.48. The quantitative estimate of drug-likeness (QED) is 0.325. The molecule has 0 saturated carbocycles. The monoisotopic (exact) mass is 506 g/mol. The van der Waals surface area contributed by atoms with Crippen LogP contribution in [0.15, 0.2) is 99.6 Å². The molecule has 0 aliphatic carbocycles. The van der Waals surface area contributed by atoms with Crippen LogP contribution in [0.4, 0.5) is 0 Å². The van der Waals surface area contributed by atoms with E-state index in [2.05, 4.69) is 24.9 Å². The van der Waals surface area contributed by atoms with E-state index in [1.165, 1.54) is 40.4 Å². The largest absolute Gasteiger partial charge is 0.367 e. The Bertz CT molecular complexity index is 1490. The van der Waals surface area contributed by atoms with E-state index in [0.717, 1.165) is 22.5 Å². The maximum atomic E-state index is 12.8. The van der Waals surface area contributed by atoms with Crippen molar-refractivity contribution in [1.29, 1.82) is 0 Å². The summed E-state index contributed by atoms with van der Waals surface area (Å²) in [6, 6.07) is 23.0. The number of halogens is 1. The van der Waals surface area contributed by atoms with Crippen LogP contribution in [0.1, 0.15) is 17.0 Å². The summed E-state index contributed by atoms with van der Waals surface area (Å²) in [5.74, 6) is -0.377. The van der Waals surface area contributed by atoms with Gasteiger partial charge in [-0.2, -0.15) is 13.5 Å². The van der Waals surface area contributed by atoms with Crippen molar-refractivity contribution in [1.82, 2.24) is 25.2 Å². The number of hydrogen-bond acceptors (Lipinski definition) is 6. The lowest BCUT2D eigenvalue weighted by Gasteiger charge is -2.15. The number of sulfonamides is 1. The van der Waals surface area contributed by atoms with Gasteiger partial charge in [0, 0.05) is 10.9 Å². The van der Waals surface area contributed by atoms with E-state index in [0.29, 0.717) is 11.6 Å². The molecule has 1 aromatic heterocycles. The van der Waals surface area contributed by atoms with E-state index in [1.807, 2.05) is 54.6 Å². The predicted molar refractivity (Wildman–Crippen MR) is 132 cm³/mol. The van der Waals surface area contributed by atoms with Gasteiger partial charge in [0.2, 0.25) is 5.96 Å². The third kappa shape index (κ3) is 4.77. The van der Waals surface area contributed by atoms with Crippen molar-refractivity contribution < 1.29 is 8.42 Å². The molecule has 2 N–H and O–H groups in total. The minimum atomic E-state index is -4.04. The molecular formula is C23H19ClN8O2S. The Balaban J connectivity index is 1.49. The van der Waals surface area contributed by atoms with Crippen LogP contribution in [0.5, 0.6) is 0 Å². The van der Waals surface area contributed by atoms with Gasteiger partial charge in [0.05, 0.1) is 22.8 Å². The van der Waals surface area contributed by atoms with Gasteiger partial charge in [0.1, 0.15) is 0 Å². The van der Waals surface area contributed by atoms with Gasteiger partial charge in [0.25, 0.3) is 10.0 Å². The molecule has 0 bridgehead atoms. The maximum absolute atomic E-state index is 12.8. The highest BCUT2D eigenvalue weighted by atomic mass is 35.5. The second-order valence-corrected chi connectivity index (χ2v) is 9.72. The van der Waals surface area contributed by atoms with Crippen LogP contribution in [0.3, 0.4) is 0 Å². The number of hydrazone groups is 1. The van der Waals surface area contributed by atoms with Gasteiger partial charge in [-0.15, -0.1) is 19.4 Å². The standard InChI is InChI=1S/C23H19ClN8O2S/c24-18-8-12-20(13-9-18)35(33,34)29-23(25)31-14-21(16-4-2-1-3-5-16)22(28-31)17-6-10-19(11-7-17)32-27-15-26-30-32/h1-13,15,21H,14H2,(H2,25,29). The van der Waals surface area contributed by atoms with Crippen LogP contribution in [0, 0.1) is 0 Å². The molecule has 0 spiro atoms. The number of hydrogen-bond donors (Lipinski definition) is 1. The van der Waals surface area contributed by atoms with Crippen LogP contribution in [0.2, 0.25) is 5.02 Å². The summed E-state index contributed by atoms with van der Waals surface area (Å²) in [6.45, 7) is 0.331. The Labute approximate surface area is 206 Å². The molecule has 0 radical (unpaired) electrons. The Morgan fingerprint density at radius 1 is 1.00 bits per heavy atom. The molecule has 176 valence electrons. The molecule has 1 atom stereocenters. The highest BCUT2D eigenvalue weighted by Gasteiger charge is 2.31. The summed E-state index contributed by atoms with van der Waals surface area (Å²) in [5, 5.41) is 18.1. The smallest absolute Gasteiger partial charge is 0.285 e. The van der Waals surface area contributed by atoms with Crippen LogP contribution in [-0.4, -0.2) is 51.8 Å². The molecule has 4 aromatic rings. The number of nitrogens with zero attached hydrogens (tertiary/aromatic N) is 7. The highest BCUT2D eigenvalue weighted by Crippen LogP contribution is 2.29. The zero-order valence-corrected chi connectivity index (χ0v) is 19.8. The minimum absolute atomic E-state index is 0.00910. The second-order valence-electron chi connectivity index (χ2n) is 7.68. The summed E-state index contributed by atoms with van der Waals surface area (Å²) >= 11 is 5.87. The topological polar surface area (TPSA) is 132 Å². The van der Waals surface area contributed by atoms with Crippen molar-refractivity contribution in [2.75, 3.05) is 6.54 Å². The molecule has 10 nitrogen and oxygen atoms in total. The van der Waals surface area contributed by atoms with Gasteiger partial charge in [-0.3, -0.25) is 0 Å². The minimum Gasteiger partial charge on any atom is -0.367 e. The summed E-state index contributed by atoms with van der Waals surface area (Å²) in [4.78, 5) is 1.40. The third-order valence-corrected chi connectivity index (χ3v) is 7.00. The first kappa shape index (κ1) is 22.7. The van der Waals surface area contributed by atoms with Crippen LogP contribution in [0.25, 0.3) is 5.69 Å². The number of tetrazole rings is 1. The molecule has 1 aliphatic rings. The van der Waals surface area contributed by atoms with Crippen LogP contribution < -0.4 is 5.73 Å². The van der Waals surface area contributed by atoms with E-state index < -0.39 is 10.0 Å². The molecule has 1 aliphatic heterocycles. The molecule has 0 amide bonds. The van der Waals surface area contributed by atoms with Crippen molar-refractivity contribution in [3.63, 3.8) is 0 Å². The fourth-order valence-corrected chi connectivity index (χ4v) is 4.78. The molecule has 3 aromatic carbocycles. The lowest BCUT2D eigenvalue weighted by Crippen LogP contribution is -2.33. The first-order valence-corrected chi connectivity index (χ1v) is 12.3. The molecule has 12 heteroatoms. The number of rotatable bonds is 5. The van der Waals surface area contributed by atoms with Gasteiger partial charge < -0.3 is 5.73 Å². The average molecular weight is 507 g/mol. The van der Waals surface area contributed by atoms with Crippen molar-refractivity contribution >= 4 is 33.3 Å². The average Bonchev–Trinajstić information content (AvgIpc) is 3.56. The fourth-order valence-electron chi connectivity index (χ4n) is 3.73. The predicted octanol–water partition coefficient (Wildman–Crippen LogP) is 2.82. The molecule has 1 unspecified atom stereocenters. The fraction of sp³-hybridized carbons (Fsp3) is 0.0870. The molecule has 5 rings (SSSR count). The second kappa shape index (κ2) is 9.28. The number of benzene rings is 3. The molecule has 0 saturated heterocycles. The molecule has 35 heavy (non-hydrogen) atoms. The Morgan fingerprint density at radius 3 is 2.37 bits per heavy atom. The van der Waals surface area contributed by atoms with Crippen molar-refractivity contribution in [2.45, 2.75) is 10.8 Å². The van der Waals surface area contributed by atoms with Crippen molar-refractivity contribution in [3.8, 4) is 5.69 Å². The third-order valence-electron chi connectivity index (χ3n) is 5.45. The van der Waals surface area contributed by atoms with E-state index in [4.69, 9.17) is 17.3 Å². The lowest BCUT2D eigenvalue weighted by atomic mass is 9.90. The van der Waals surface area contributed by atoms with Crippen LogP contribution in [-0.2, 0) is 10.0 Å². The van der Waals surface area contributed by atoms with E-state index in [-0.39, 0.29) is 16.8 Å². The van der Waals surface area contributed by atoms with E-state index in [1.54, 1.807) is 0 Å². The first-order valence-electron chi connectivity index (χ1n) is 10.5. The highest BCUT2D eigenvalue weighted by molar-refractivity contribution is 7.90. The Kier molecular flexibility index (Phi) is 6.01. The van der Waals surface area contributed by atoms with Crippen LogP contribution >= 0.6 is 11.6 Å². The normalized spacial score (nSPS) is 16.4. The van der Waals surface area contributed by atoms with Gasteiger partial charge in [-0.25, -0.2) is 5.01 Å². The Morgan fingerprint density at radius 2 is 1.71 bits per heavy atom. The summed E-state index contributed by atoms with van der Waals surface area (Å²) in [7, 11) is -4.04. The summed E-state index contributed by atoms with van der Waals surface area (Å²) in [6.07, 6.45) is 1.36. The summed E-state index contributed by atoms with van der Waals surface area (Å²) < 4.78 is 29.3. The number of nitrogens with two attached hydrogens (primary N) is 1. The lowest BCUT2D eigenvalue weighted by molar-refractivity contribution is 0.470. The van der Waals surface area contributed by atoms with Crippen molar-refractivity contribution in [2.24, 2.45) is 15.2 Å². The molecule has 0 fully saturated rings. The zero-order chi connectivity index (χ0) is 24.4. The van der Waals surface area contributed by atoms with Gasteiger partial charge >= 0.3 is 0 Å². The van der Waals surface area contributed by atoms with Gasteiger partial charge in [-0.1, -0.05) is 54.1 Å². The molecular weight excluding hydrogens is 488 g/mol. The Hall–Kier alpha value is -4.09.